The zero-order valence-corrected chi connectivity index (χ0v) is 16.2. The fourth-order valence-electron chi connectivity index (χ4n) is 3.16. The summed E-state index contributed by atoms with van der Waals surface area (Å²) in [5, 5.41) is 6.45. The van der Waals surface area contributed by atoms with E-state index < -0.39 is 17.6 Å². The van der Waals surface area contributed by atoms with Crippen LogP contribution in [0.3, 0.4) is 0 Å². The Morgan fingerprint density at radius 3 is 2.37 bits per heavy atom. The van der Waals surface area contributed by atoms with E-state index >= 15 is 0 Å². The van der Waals surface area contributed by atoms with Gasteiger partial charge in [-0.1, -0.05) is 18.2 Å². The Morgan fingerprint density at radius 2 is 1.63 bits per heavy atom. The van der Waals surface area contributed by atoms with Crippen molar-refractivity contribution < 1.29 is 22.8 Å². The molecule has 5 nitrogen and oxygen atoms in total. The van der Waals surface area contributed by atoms with Crippen molar-refractivity contribution in [2.45, 2.75) is 25.4 Å². The number of carbonyl (C=O) groups is 2. The van der Waals surface area contributed by atoms with Crippen molar-refractivity contribution in [3.63, 3.8) is 0 Å². The topological polar surface area (TPSA) is 74.0 Å². The Labute approximate surface area is 171 Å². The lowest BCUT2D eigenvalue weighted by Gasteiger charge is -2.09. The maximum atomic E-state index is 12.5. The summed E-state index contributed by atoms with van der Waals surface area (Å²) < 4.78 is 37.6. The quantitative estimate of drug-likeness (QED) is 0.484. The summed E-state index contributed by atoms with van der Waals surface area (Å²) in [5.41, 5.74) is 1.56. The molecule has 2 amide bonds. The number of amides is 2. The molecule has 1 aromatic heterocycles. The van der Waals surface area contributed by atoms with Crippen LogP contribution in [-0.4, -0.2) is 29.9 Å². The van der Waals surface area contributed by atoms with Crippen molar-refractivity contribution in [2.24, 2.45) is 0 Å². The number of aromatic nitrogens is 1. The molecule has 0 saturated carbocycles. The van der Waals surface area contributed by atoms with Crippen LogP contribution in [0.5, 0.6) is 0 Å². The minimum absolute atomic E-state index is 0.112. The standard InChI is InChI=1S/C22H22F3N3O2/c23-22(24,25)17-10-8-15(9-11-17)21(30)27-13-12-26-20(29)7-3-4-16-14-28-19-6-2-1-5-18(16)19/h1-2,5-6,8-11,14,28H,3-4,7,12-13H2,(H,26,29)(H,27,30). The van der Waals surface area contributed by atoms with Gasteiger partial charge in [0.05, 0.1) is 5.56 Å². The molecule has 0 radical (unpaired) electrons. The molecule has 1 heterocycles. The molecule has 3 N–H and O–H groups in total. The number of aromatic amines is 1. The number of carbonyl (C=O) groups excluding carboxylic acids is 2. The Balaban J connectivity index is 1.34. The van der Waals surface area contributed by atoms with E-state index in [0.29, 0.717) is 12.8 Å². The summed E-state index contributed by atoms with van der Waals surface area (Å²) in [6.45, 7) is 0.437. The molecule has 0 atom stereocenters. The van der Waals surface area contributed by atoms with Gasteiger partial charge in [0.2, 0.25) is 5.91 Å². The third-order valence-corrected chi connectivity index (χ3v) is 4.73. The summed E-state index contributed by atoms with van der Waals surface area (Å²) in [6.07, 6.45) is -0.632. The minimum atomic E-state index is -4.44. The number of hydrogen-bond donors (Lipinski definition) is 3. The molecule has 0 spiro atoms. The molecular formula is C22H22F3N3O2. The van der Waals surface area contributed by atoms with E-state index in [9.17, 15) is 22.8 Å². The summed E-state index contributed by atoms with van der Waals surface area (Å²) in [7, 11) is 0. The molecule has 8 heteroatoms. The van der Waals surface area contributed by atoms with Crippen LogP contribution in [0.4, 0.5) is 13.2 Å². The molecule has 0 aliphatic heterocycles. The Kier molecular flexibility index (Phi) is 6.76. The van der Waals surface area contributed by atoms with E-state index in [1.54, 1.807) is 0 Å². The maximum Gasteiger partial charge on any atom is 0.416 e. The number of hydrogen-bond acceptors (Lipinski definition) is 2. The summed E-state index contributed by atoms with van der Waals surface area (Å²) in [6, 6.07) is 12.0. The molecule has 3 aromatic rings. The molecule has 0 aliphatic carbocycles. The van der Waals surface area contributed by atoms with Crippen LogP contribution in [0, 0.1) is 0 Å². The molecule has 0 unspecified atom stereocenters. The van der Waals surface area contributed by atoms with Gasteiger partial charge in [-0.25, -0.2) is 0 Å². The molecule has 0 bridgehead atoms. The summed E-state index contributed by atoms with van der Waals surface area (Å²) in [4.78, 5) is 27.1. The Bertz CT molecular complexity index is 1010. The van der Waals surface area contributed by atoms with E-state index in [-0.39, 0.29) is 24.6 Å². The second-order valence-corrected chi connectivity index (χ2v) is 6.89. The van der Waals surface area contributed by atoms with Crippen LogP contribution in [0.25, 0.3) is 10.9 Å². The third kappa shape index (κ3) is 5.62. The number of alkyl halides is 3. The minimum Gasteiger partial charge on any atom is -0.361 e. The van der Waals surface area contributed by atoms with Gasteiger partial charge < -0.3 is 15.6 Å². The number of halogens is 3. The third-order valence-electron chi connectivity index (χ3n) is 4.73. The Hall–Kier alpha value is -3.29. The van der Waals surface area contributed by atoms with Crippen LogP contribution in [0.1, 0.15) is 34.3 Å². The van der Waals surface area contributed by atoms with E-state index in [4.69, 9.17) is 0 Å². The van der Waals surface area contributed by atoms with Gasteiger partial charge in [-0.05, 0) is 48.7 Å². The number of H-pyrrole nitrogens is 1. The van der Waals surface area contributed by atoms with Crippen molar-refractivity contribution in [1.82, 2.24) is 15.6 Å². The van der Waals surface area contributed by atoms with Gasteiger partial charge >= 0.3 is 6.18 Å². The van der Waals surface area contributed by atoms with Crippen molar-refractivity contribution in [2.75, 3.05) is 13.1 Å². The first-order chi connectivity index (χ1) is 14.3. The van der Waals surface area contributed by atoms with Crippen molar-refractivity contribution >= 4 is 22.7 Å². The van der Waals surface area contributed by atoms with Gasteiger partial charge in [0, 0.05) is 42.2 Å². The fraction of sp³-hybridized carbons (Fsp3) is 0.273. The highest BCUT2D eigenvalue weighted by Crippen LogP contribution is 2.29. The summed E-state index contributed by atoms with van der Waals surface area (Å²) >= 11 is 0. The maximum absolute atomic E-state index is 12.5. The summed E-state index contributed by atoms with van der Waals surface area (Å²) in [5.74, 6) is -0.601. The number of benzene rings is 2. The smallest absolute Gasteiger partial charge is 0.361 e. The monoisotopic (exact) mass is 417 g/mol. The molecule has 0 aliphatic rings. The van der Waals surface area contributed by atoms with Gasteiger partial charge in [-0.15, -0.1) is 0 Å². The number of rotatable bonds is 8. The highest BCUT2D eigenvalue weighted by molar-refractivity contribution is 5.94. The molecular weight excluding hydrogens is 395 g/mol. The van der Waals surface area contributed by atoms with Crippen LogP contribution < -0.4 is 10.6 Å². The number of fused-ring (bicyclic) bond motifs is 1. The molecule has 30 heavy (non-hydrogen) atoms. The largest absolute Gasteiger partial charge is 0.416 e. The fourth-order valence-corrected chi connectivity index (χ4v) is 3.16. The van der Waals surface area contributed by atoms with Crippen LogP contribution in [-0.2, 0) is 17.4 Å². The predicted molar refractivity (Wildman–Crippen MR) is 108 cm³/mol. The lowest BCUT2D eigenvalue weighted by molar-refractivity contribution is -0.137. The number of para-hydroxylation sites is 1. The van der Waals surface area contributed by atoms with Gasteiger partial charge in [0.1, 0.15) is 0 Å². The van der Waals surface area contributed by atoms with E-state index in [1.807, 2.05) is 30.5 Å². The lowest BCUT2D eigenvalue weighted by atomic mass is 10.1. The Morgan fingerprint density at radius 1 is 0.933 bits per heavy atom. The second-order valence-electron chi connectivity index (χ2n) is 6.89. The predicted octanol–water partition coefficient (Wildman–Crippen LogP) is 4.06. The van der Waals surface area contributed by atoms with E-state index in [1.165, 1.54) is 5.56 Å². The van der Waals surface area contributed by atoms with Crippen LogP contribution in [0.15, 0.2) is 54.7 Å². The molecule has 0 saturated heterocycles. The lowest BCUT2D eigenvalue weighted by Crippen LogP contribution is -2.34. The first-order valence-corrected chi connectivity index (χ1v) is 9.62. The van der Waals surface area contributed by atoms with Crippen LogP contribution >= 0.6 is 0 Å². The van der Waals surface area contributed by atoms with Crippen molar-refractivity contribution in [3.05, 3.63) is 71.4 Å². The zero-order valence-electron chi connectivity index (χ0n) is 16.2. The number of aryl methyl sites for hydroxylation is 1. The van der Waals surface area contributed by atoms with Crippen LogP contribution in [0.2, 0.25) is 0 Å². The first-order valence-electron chi connectivity index (χ1n) is 9.62. The van der Waals surface area contributed by atoms with Gasteiger partial charge in [0.15, 0.2) is 0 Å². The second kappa shape index (κ2) is 9.47. The highest BCUT2D eigenvalue weighted by atomic mass is 19.4. The van der Waals surface area contributed by atoms with E-state index in [2.05, 4.69) is 15.6 Å². The molecule has 3 rings (SSSR count). The van der Waals surface area contributed by atoms with E-state index in [0.717, 1.165) is 41.6 Å². The average Bonchev–Trinajstić information content (AvgIpc) is 3.14. The zero-order chi connectivity index (χ0) is 21.6. The SMILES string of the molecule is O=C(CCCc1c[nH]c2ccccc12)NCCNC(=O)c1ccc(C(F)(F)F)cc1. The van der Waals surface area contributed by atoms with Gasteiger partial charge in [-0.3, -0.25) is 9.59 Å². The van der Waals surface area contributed by atoms with Gasteiger partial charge in [0.25, 0.3) is 5.91 Å². The van der Waals surface area contributed by atoms with Crippen molar-refractivity contribution in [3.8, 4) is 0 Å². The normalized spacial score (nSPS) is 11.4. The van der Waals surface area contributed by atoms with Crippen molar-refractivity contribution in [1.29, 1.82) is 0 Å². The first kappa shape index (κ1) is 21.4. The van der Waals surface area contributed by atoms with Gasteiger partial charge in [-0.2, -0.15) is 13.2 Å². The molecule has 158 valence electrons. The molecule has 0 fully saturated rings. The highest BCUT2D eigenvalue weighted by Gasteiger charge is 2.30. The molecule has 2 aromatic carbocycles. The average molecular weight is 417 g/mol. The number of nitrogens with one attached hydrogen (secondary N) is 3.